The molecule has 27 heavy (non-hydrogen) atoms. The van der Waals surface area contributed by atoms with E-state index in [-0.39, 0.29) is 17.9 Å². The molecule has 0 aliphatic heterocycles. The third-order valence-electron chi connectivity index (χ3n) is 4.02. The third kappa shape index (κ3) is 3.37. The molecule has 2 aromatic carbocycles. The molecule has 6 nitrogen and oxygen atoms in total. The predicted molar refractivity (Wildman–Crippen MR) is 103 cm³/mol. The van der Waals surface area contributed by atoms with E-state index < -0.39 is 5.97 Å². The number of carbonyl (C=O) groups is 1. The smallest absolute Gasteiger partial charge is 0.359 e. The topological polar surface area (TPSA) is 74.1 Å². The standard InChI is InChI=1S/C20H15N3O3S/c1-13-21-14(12-27-13)11-26-20(25)18-16-9-5-6-10-17(16)19(24)23(22-18)15-7-3-2-4-8-15/h2-10,12H,11H2,1H3. The van der Waals surface area contributed by atoms with E-state index >= 15 is 0 Å². The van der Waals surface area contributed by atoms with Crippen molar-refractivity contribution in [1.82, 2.24) is 14.8 Å². The molecule has 2 heterocycles. The lowest BCUT2D eigenvalue weighted by atomic mass is 10.1. The molecule has 0 unspecified atom stereocenters. The number of benzene rings is 2. The van der Waals surface area contributed by atoms with Crippen LogP contribution in [0.4, 0.5) is 0 Å². The van der Waals surface area contributed by atoms with Gasteiger partial charge in [0, 0.05) is 10.8 Å². The Morgan fingerprint density at radius 3 is 2.48 bits per heavy atom. The molecule has 7 heteroatoms. The Kier molecular flexibility index (Phi) is 4.52. The van der Waals surface area contributed by atoms with Crippen LogP contribution in [-0.4, -0.2) is 20.7 Å². The highest BCUT2D eigenvalue weighted by Crippen LogP contribution is 2.17. The molecule has 0 N–H and O–H groups in total. The highest BCUT2D eigenvalue weighted by molar-refractivity contribution is 7.09. The molecule has 4 rings (SSSR count). The maximum Gasteiger partial charge on any atom is 0.359 e. The van der Waals surface area contributed by atoms with Gasteiger partial charge in [0.15, 0.2) is 5.69 Å². The van der Waals surface area contributed by atoms with E-state index in [9.17, 15) is 9.59 Å². The van der Waals surface area contributed by atoms with Crippen molar-refractivity contribution in [2.75, 3.05) is 0 Å². The fourth-order valence-electron chi connectivity index (χ4n) is 2.77. The lowest BCUT2D eigenvalue weighted by Crippen LogP contribution is -2.25. The quantitative estimate of drug-likeness (QED) is 0.509. The van der Waals surface area contributed by atoms with Gasteiger partial charge >= 0.3 is 5.97 Å². The average molecular weight is 377 g/mol. The maximum absolute atomic E-state index is 12.8. The summed E-state index contributed by atoms with van der Waals surface area (Å²) in [6.07, 6.45) is 0. The van der Waals surface area contributed by atoms with Gasteiger partial charge in [-0.3, -0.25) is 4.79 Å². The second kappa shape index (κ2) is 7.13. The van der Waals surface area contributed by atoms with Crippen molar-refractivity contribution in [2.45, 2.75) is 13.5 Å². The summed E-state index contributed by atoms with van der Waals surface area (Å²) in [5.74, 6) is -0.596. The first kappa shape index (κ1) is 17.1. The number of hydrogen-bond donors (Lipinski definition) is 0. The van der Waals surface area contributed by atoms with Crippen LogP contribution in [0.3, 0.4) is 0 Å². The summed E-state index contributed by atoms with van der Waals surface area (Å²) >= 11 is 1.49. The normalized spacial score (nSPS) is 10.9. The zero-order valence-corrected chi connectivity index (χ0v) is 15.3. The fourth-order valence-corrected chi connectivity index (χ4v) is 3.36. The van der Waals surface area contributed by atoms with Crippen LogP contribution in [0.2, 0.25) is 0 Å². The molecule has 0 radical (unpaired) electrons. The second-order valence-corrected chi connectivity index (χ2v) is 6.94. The van der Waals surface area contributed by atoms with Crippen molar-refractivity contribution in [3.8, 4) is 5.69 Å². The second-order valence-electron chi connectivity index (χ2n) is 5.88. The van der Waals surface area contributed by atoms with Crippen LogP contribution in [0.1, 0.15) is 21.2 Å². The minimum atomic E-state index is -0.596. The molecular formula is C20H15N3O3S. The number of ether oxygens (including phenoxy) is 1. The molecule has 0 spiro atoms. The Hall–Kier alpha value is -3.32. The van der Waals surface area contributed by atoms with Crippen LogP contribution in [0.15, 0.2) is 64.8 Å². The van der Waals surface area contributed by atoms with Crippen LogP contribution in [-0.2, 0) is 11.3 Å². The van der Waals surface area contributed by atoms with E-state index in [1.165, 1.54) is 16.0 Å². The third-order valence-corrected chi connectivity index (χ3v) is 4.84. The van der Waals surface area contributed by atoms with Crippen molar-refractivity contribution < 1.29 is 9.53 Å². The van der Waals surface area contributed by atoms with Crippen LogP contribution in [0, 0.1) is 6.92 Å². The molecule has 134 valence electrons. The summed E-state index contributed by atoms with van der Waals surface area (Å²) in [6, 6.07) is 15.9. The summed E-state index contributed by atoms with van der Waals surface area (Å²) < 4.78 is 6.62. The Balaban J connectivity index is 1.78. The van der Waals surface area contributed by atoms with Crippen molar-refractivity contribution >= 4 is 28.1 Å². The van der Waals surface area contributed by atoms with Gasteiger partial charge in [-0.1, -0.05) is 36.4 Å². The molecule has 0 saturated carbocycles. The maximum atomic E-state index is 12.8. The molecular weight excluding hydrogens is 362 g/mol. The van der Waals surface area contributed by atoms with Gasteiger partial charge < -0.3 is 4.74 Å². The van der Waals surface area contributed by atoms with Gasteiger partial charge in [0.1, 0.15) is 6.61 Å². The van der Waals surface area contributed by atoms with E-state index in [4.69, 9.17) is 4.74 Å². The lowest BCUT2D eigenvalue weighted by molar-refractivity contribution is 0.0461. The number of esters is 1. The number of hydrogen-bond acceptors (Lipinski definition) is 6. The highest BCUT2D eigenvalue weighted by Gasteiger charge is 2.19. The van der Waals surface area contributed by atoms with Crippen molar-refractivity contribution in [3.63, 3.8) is 0 Å². The number of aromatic nitrogens is 3. The Morgan fingerprint density at radius 1 is 1.07 bits per heavy atom. The molecule has 0 aliphatic rings. The van der Waals surface area contributed by atoms with Crippen molar-refractivity contribution in [1.29, 1.82) is 0 Å². The SMILES string of the molecule is Cc1nc(COC(=O)c2nn(-c3ccccc3)c(=O)c3ccccc23)cs1. The van der Waals surface area contributed by atoms with Gasteiger partial charge in [-0.2, -0.15) is 9.78 Å². The van der Waals surface area contributed by atoms with E-state index in [0.29, 0.717) is 22.2 Å². The molecule has 0 saturated heterocycles. The van der Waals surface area contributed by atoms with E-state index in [2.05, 4.69) is 10.1 Å². The Labute approximate surface area is 158 Å². The number of carbonyl (C=O) groups excluding carboxylic acids is 1. The number of nitrogens with zero attached hydrogens (tertiary/aromatic N) is 3. The summed E-state index contributed by atoms with van der Waals surface area (Å²) in [5, 5.41) is 7.93. The first-order valence-corrected chi connectivity index (χ1v) is 9.17. The lowest BCUT2D eigenvalue weighted by Gasteiger charge is -2.10. The number of aryl methyl sites for hydroxylation is 1. The van der Waals surface area contributed by atoms with Gasteiger partial charge in [-0.15, -0.1) is 11.3 Å². The van der Waals surface area contributed by atoms with Gasteiger partial charge in [0.2, 0.25) is 0 Å². The first-order chi connectivity index (χ1) is 13.1. The summed E-state index contributed by atoms with van der Waals surface area (Å²) in [5.41, 5.74) is 1.08. The van der Waals surface area contributed by atoms with Crippen molar-refractivity contribution in [3.05, 3.63) is 86.7 Å². The molecule has 0 fully saturated rings. The zero-order chi connectivity index (χ0) is 18.8. The summed E-state index contributed by atoms with van der Waals surface area (Å²) in [7, 11) is 0. The molecule has 0 amide bonds. The van der Waals surface area contributed by atoms with Crippen LogP contribution < -0.4 is 5.56 Å². The van der Waals surface area contributed by atoms with Gasteiger partial charge in [0.25, 0.3) is 5.56 Å². The number of fused-ring (bicyclic) bond motifs is 1. The molecule has 0 aliphatic carbocycles. The highest BCUT2D eigenvalue weighted by atomic mass is 32.1. The van der Waals surface area contributed by atoms with Gasteiger partial charge in [-0.25, -0.2) is 9.78 Å². The van der Waals surface area contributed by atoms with E-state index in [1.807, 2.05) is 18.4 Å². The minimum absolute atomic E-state index is 0.0592. The number of para-hydroxylation sites is 1. The zero-order valence-electron chi connectivity index (χ0n) is 14.5. The molecule has 0 bridgehead atoms. The van der Waals surface area contributed by atoms with E-state index in [1.54, 1.807) is 48.5 Å². The van der Waals surface area contributed by atoms with Crippen LogP contribution >= 0.6 is 11.3 Å². The molecule has 0 atom stereocenters. The largest absolute Gasteiger partial charge is 0.454 e. The van der Waals surface area contributed by atoms with Gasteiger partial charge in [0.05, 0.1) is 21.8 Å². The number of rotatable bonds is 4. The summed E-state index contributed by atoms with van der Waals surface area (Å²) in [6.45, 7) is 1.95. The molecule has 2 aromatic heterocycles. The van der Waals surface area contributed by atoms with Gasteiger partial charge in [-0.05, 0) is 25.1 Å². The predicted octanol–water partition coefficient (Wildman–Crippen LogP) is 3.51. The molecule has 4 aromatic rings. The Morgan fingerprint density at radius 2 is 1.78 bits per heavy atom. The van der Waals surface area contributed by atoms with Crippen LogP contribution in [0.5, 0.6) is 0 Å². The van der Waals surface area contributed by atoms with Crippen molar-refractivity contribution in [2.24, 2.45) is 0 Å². The summed E-state index contributed by atoms with van der Waals surface area (Å²) in [4.78, 5) is 29.8. The van der Waals surface area contributed by atoms with E-state index in [0.717, 1.165) is 5.01 Å². The monoisotopic (exact) mass is 377 g/mol. The number of thiazole rings is 1. The van der Waals surface area contributed by atoms with Crippen LogP contribution in [0.25, 0.3) is 16.5 Å². The Bertz CT molecular complexity index is 1180. The fraction of sp³-hybridized carbons (Fsp3) is 0.100. The first-order valence-electron chi connectivity index (χ1n) is 8.29. The minimum Gasteiger partial charge on any atom is -0.454 e. The average Bonchev–Trinajstić information content (AvgIpc) is 3.12.